The minimum absolute atomic E-state index is 0.259. The summed E-state index contributed by atoms with van der Waals surface area (Å²) in [7, 11) is 0. The third-order valence-electron chi connectivity index (χ3n) is 4.68. The van der Waals surface area contributed by atoms with Gasteiger partial charge in [0, 0.05) is 4.88 Å². The van der Waals surface area contributed by atoms with Crippen LogP contribution < -0.4 is 15.8 Å². The van der Waals surface area contributed by atoms with Gasteiger partial charge in [0.05, 0.1) is 5.56 Å². The van der Waals surface area contributed by atoms with Crippen molar-refractivity contribution < 1.29 is 14.3 Å². The molecular formula is C20H24N2O3S. The van der Waals surface area contributed by atoms with Crippen molar-refractivity contribution in [3.8, 4) is 5.75 Å². The lowest BCUT2D eigenvalue weighted by Crippen LogP contribution is -2.32. The van der Waals surface area contributed by atoms with E-state index in [1.54, 1.807) is 0 Å². The highest BCUT2D eigenvalue weighted by Crippen LogP contribution is 2.39. The number of benzene rings is 1. The van der Waals surface area contributed by atoms with Crippen LogP contribution in [-0.2, 0) is 17.6 Å². The lowest BCUT2D eigenvalue weighted by Gasteiger charge is -2.18. The molecule has 1 aliphatic carbocycles. The molecule has 5 nitrogen and oxygen atoms in total. The summed E-state index contributed by atoms with van der Waals surface area (Å²) in [5.74, 6) is 0.481. The van der Waals surface area contributed by atoms with Crippen LogP contribution in [0.2, 0.25) is 0 Å². The minimum atomic E-state index is -0.629. The summed E-state index contributed by atoms with van der Waals surface area (Å²) >= 11 is 1.47. The number of fused-ring (bicyclic) bond motifs is 1. The standard InChI is InChI=1S/C20H24N2O3S/c1-3-15(25-13-7-5-4-6-8-13)19(24)22-20-17(18(21)23)14-10-9-12(2)11-16(14)26-20/h4-8,12,15H,3,9-11H2,1-2H3,(H2,21,23)(H,22,24). The number of rotatable bonds is 6. The summed E-state index contributed by atoms with van der Waals surface area (Å²) in [6, 6.07) is 9.25. The quantitative estimate of drug-likeness (QED) is 0.810. The lowest BCUT2D eigenvalue weighted by atomic mass is 9.88. The Labute approximate surface area is 157 Å². The highest BCUT2D eigenvalue weighted by molar-refractivity contribution is 7.17. The topological polar surface area (TPSA) is 81.4 Å². The smallest absolute Gasteiger partial charge is 0.266 e. The average Bonchev–Trinajstić information content (AvgIpc) is 2.97. The van der Waals surface area contributed by atoms with Gasteiger partial charge in [-0.05, 0) is 49.3 Å². The molecule has 1 aromatic heterocycles. The van der Waals surface area contributed by atoms with Gasteiger partial charge in [-0.2, -0.15) is 0 Å². The second-order valence-corrected chi connectivity index (χ2v) is 7.84. The van der Waals surface area contributed by atoms with Gasteiger partial charge in [-0.25, -0.2) is 0 Å². The number of nitrogens with one attached hydrogen (secondary N) is 1. The van der Waals surface area contributed by atoms with Gasteiger partial charge in [-0.15, -0.1) is 11.3 Å². The summed E-state index contributed by atoms with van der Waals surface area (Å²) < 4.78 is 5.79. The van der Waals surface area contributed by atoms with E-state index in [4.69, 9.17) is 10.5 Å². The van der Waals surface area contributed by atoms with Crippen LogP contribution >= 0.6 is 11.3 Å². The molecule has 26 heavy (non-hydrogen) atoms. The molecule has 138 valence electrons. The maximum absolute atomic E-state index is 12.7. The lowest BCUT2D eigenvalue weighted by molar-refractivity contribution is -0.122. The predicted molar refractivity (Wildman–Crippen MR) is 104 cm³/mol. The molecule has 0 saturated carbocycles. The van der Waals surface area contributed by atoms with E-state index < -0.39 is 12.0 Å². The van der Waals surface area contributed by atoms with Crippen molar-refractivity contribution in [3.05, 3.63) is 46.3 Å². The number of ether oxygens (including phenoxy) is 1. The van der Waals surface area contributed by atoms with E-state index in [0.717, 1.165) is 29.7 Å². The Morgan fingerprint density at radius 2 is 2.08 bits per heavy atom. The molecule has 2 amide bonds. The van der Waals surface area contributed by atoms with Crippen molar-refractivity contribution in [1.29, 1.82) is 0 Å². The molecule has 2 atom stereocenters. The number of carbonyl (C=O) groups is 2. The summed E-state index contributed by atoms with van der Waals surface area (Å²) in [5, 5.41) is 3.44. The SMILES string of the molecule is CCC(Oc1ccccc1)C(=O)Nc1sc2c(c1C(N)=O)CCC(C)C2. The molecule has 6 heteroatoms. The van der Waals surface area contributed by atoms with E-state index in [-0.39, 0.29) is 5.91 Å². The molecule has 2 aromatic rings. The largest absolute Gasteiger partial charge is 0.481 e. The molecule has 1 aromatic carbocycles. The van der Waals surface area contributed by atoms with Crippen molar-refractivity contribution in [1.82, 2.24) is 0 Å². The molecule has 1 heterocycles. The monoisotopic (exact) mass is 372 g/mol. The van der Waals surface area contributed by atoms with Crippen LogP contribution in [0.4, 0.5) is 5.00 Å². The van der Waals surface area contributed by atoms with Gasteiger partial charge in [0.15, 0.2) is 6.10 Å². The molecular weight excluding hydrogens is 348 g/mol. The first-order valence-electron chi connectivity index (χ1n) is 8.96. The number of anilines is 1. The van der Waals surface area contributed by atoms with Crippen molar-refractivity contribution in [2.45, 2.75) is 45.6 Å². The van der Waals surface area contributed by atoms with Gasteiger partial charge >= 0.3 is 0 Å². The zero-order chi connectivity index (χ0) is 18.7. The predicted octanol–water partition coefficient (Wildman–Crippen LogP) is 3.77. The number of hydrogen-bond acceptors (Lipinski definition) is 4. The third-order valence-corrected chi connectivity index (χ3v) is 5.85. The van der Waals surface area contributed by atoms with Crippen LogP contribution in [0, 0.1) is 5.92 Å². The van der Waals surface area contributed by atoms with Gasteiger partial charge in [0.2, 0.25) is 0 Å². The van der Waals surface area contributed by atoms with E-state index in [0.29, 0.717) is 28.7 Å². The number of hydrogen-bond donors (Lipinski definition) is 2. The number of para-hydroxylation sites is 1. The Morgan fingerprint density at radius 3 is 2.73 bits per heavy atom. The van der Waals surface area contributed by atoms with Gasteiger partial charge in [-0.3, -0.25) is 9.59 Å². The first-order chi connectivity index (χ1) is 12.5. The summed E-state index contributed by atoms with van der Waals surface area (Å²) in [6.07, 6.45) is 2.68. The van der Waals surface area contributed by atoms with E-state index >= 15 is 0 Å². The van der Waals surface area contributed by atoms with Crippen LogP contribution in [0.25, 0.3) is 0 Å². The zero-order valence-electron chi connectivity index (χ0n) is 15.1. The van der Waals surface area contributed by atoms with Gasteiger partial charge < -0.3 is 15.8 Å². The molecule has 1 aliphatic rings. The second-order valence-electron chi connectivity index (χ2n) is 6.74. The fourth-order valence-electron chi connectivity index (χ4n) is 3.28. The molecule has 0 bridgehead atoms. The Kier molecular flexibility index (Phi) is 5.61. The molecule has 0 aliphatic heterocycles. The molecule has 3 rings (SSSR count). The van der Waals surface area contributed by atoms with E-state index in [2.05, 4.69) is 12.2 Å². The number of nitrogens with two attached hydrogens (primary N) is 1. The fraction of sp³-hybridized carbons (Fsp3) is 0.400. The Balaban J connectivity index is 1.81. The van der Waals surface area contributed by atoms with Crippen LogP contribution in [0.3, 0.4) is 0 Å². The molecule has 3 N–H and O–H groups in total. The molecule has 0 saturated heterocycles. The van der Waals surface area contributed by atoms with Crippen molar-refractivity contribution in [2.75, 3.05) is 5.32 Å². The third kappa shape index (κ3) is 3.90. The second kappa shape index (κ2) is 7.91. The Bertz CT molecular complexity index is 801. The summed E-state index contributed by atoms with van der Waals surface area (Å²) in [4.78, 5) is 25.9. The van der Waals surface area contributed by atoms with Crippen molar-refractivity contribution >= 4 is 28.2 Å². The number of thiophene rings is 1. The first kappa shape index (κ1) is 18.5. The van der Waals surface area contributed by atoms with Crippen molar-refractivity contribution in [2.24, 2.45) is 11.7 Å². The number of carbonyl (C=O) groups excluding carboxylic acids is 2. The van der Waals surface area contributed by atoms with Crippen LogP contribution in [0.15, 0.2) is 30.3 Å². The van der Waals surface area contributed by atoms with Crippen LogP contribution in [-0.4, -0.2) is 17.9 Å². The Hall–Kier alpha value is -2.34. The van der Waals surface area contributed by atoms with Crippen LogP contribution in [0.5, 0.6) is 5.75 Å². The van der Waals surface area contributed by atoms with Gasteiger partial charge in [-0.1, -0.05) is 32.0 Å². The highest BCUT2D eigenvalue weighted by Gasteiger charge is 2.28. The highest BCUT2D eigenvalue weighted by atomic mass is 32.1. The molecule has 0 spiro atoms. The van der Waals surface area contributed by atoms with Gasteiger partial charge in [0.1, 0.15) is 10.8 Å². The molecule has 0 fully saturated rings. The van der Waals surface area contributed by atoms with Crippen molar-refractivity contribution in [3.63, 3.8) is 0 Å². The normalized spacial score (nSPS) is 17.2. The maximum Gasteiger partial charge on any atom is 0.266 e. The van der Waals surface area contributed by atoms with Crippen LogP contribution in [0.1, 0.15) is 47.5 Å². The molecule has 0 radical (unpaired) electrons. The van der Waals surface area contributed by atoms with E-state index in [1.165, 1.54) is 11.3 Å². The number of amides is 2. The minimum Gasteiger partial charge on any atom is -0.481 e. The fourth-order valence-corrected chi connectivity index (χ4v) is 4.70. The first-order valence-corrected chi connectivity index (χ1v) is 9.78. The van der Waals surface area contributed by atoms with E-state index in [1.807, 2.05) is 37.3 Å². The van der Waals surface area contributed by atoms with E-state index in [9.17, 15) is 9.59 Å². The summed E-state index contributed by atoms with van der Waals surface area (Å²) in [6.45, 7) is 4.09. The summed E-state index contributed by atoms with van der Waals surface area (Å²) in [5.41, 5.74) is 7.09. The molecule has 2 unspecified atom stereocenters. The Morgan fingerprint density at radius 1 is 1.35 bits per heavy atom. The number of primary amides is 1. The maximum atomic E-state index is 12.7. The zero-order valence-corrected chi connectivity index (χ0v) is 15.9. The average molecular weight is 372 g/mol. The van der Waals surface area contributed by atoms with Gasteiger partial charge in [0.25, 0.3) is 11.8 Å².